The Morgan fingerprint density at radius 2 is 0.683 bits per heavy atom. The topological polar surface area (TPSA) is 13.0 Å². The van der Waals surface area contributed by atoms with Gasteiger partial charge in [-0.25, -0.2) is 0 Å². The van der Waals surface area contributed by atoms with Crippen molar-refractivity contribution in [3.63, 3.8) is 0 Å². The van der Waals surface area contributed by atoms with Crippen molar-refractivity contribution in [3.8, 4) is 0 Å². The van der Waals surface area contributed by atoms with Gasteiger partial charge in [0.2, 0.25) is 0 Å². The molecule has 288 valence electrons. The van der Waals surface area contributed by atoms with Crippen LogP contribution < -0.4 is 68.0 Å². The summed E-state index contributed by atoms with van der Waals surface area (Å²) in [6.07, 6.45) is 0. The van der Waals surface area contributed by atoms with Gasteiger partial charge in [-0.05, 0) is 0 Å². The van der Waals surface area contributed by atoms with E-state index in [1.807, 2.05) is 0 Å². The standard InChI is InChI=1S/C54H28B2N4Se3/c1-3-13-31-27-41-33(25-29(31)11-1)55-47-39(21-23-45-49(47)59(41)37-17-7-9-19-43(37)61-45)57-35-15-5-6-16-36(35)58-40-22-24-46-50-48(40)56(54-52(58)51(57)53(55)63-54)34-26-30-12-2-4-14-32(30)28-42(34)60(50)38-18-8-10-20-44(38)62-46/h1-28H. The minimum atomic E-state index is 0.0466. The van der Waals surface area contributed by atoms with Crippen LogP contribution in [0.3, 0.4) is 0 Å². The molecule has 10 aromatic rings. The van der Waals surface area contributed by atoms with E-state index in [-0.39, 0.29) is 57.8 Å². The van der Waals surface area contributed by atoms with Gasteiger partial charge in [-0.15, -0.1) is 0 Å². The minimum absolute atomic E-state index is 0.0466. The fraction of sp³-hybridized carbons (Fsp3) is 0. The van der Waals surface area contributed by atoms with E-state index in [4.69, 9.17) is 0 Å². The Bertz CT molecular complexity index is 3600. The summed E-state index contributed by atoms with van der Waals surface area (Å²) in [6.45, 7) is 0.304. The van der Waals surface area contributed by atoms with Gasteiger partial charge in [0, 0.05) is 0 Å². The summed E-state index contributed by atoms with van der Waals surface area (Å²) in [5.41, 5.74) is 22.1. The molecule has 0 saturated carbocycles. The van der Waals surface area contributed by atoms with E-state index in [9.17, 15) is 0 Å². The van der Waals surface area contributed by atoms with Crippen molar-refractivity contribution >= 4 is 196 Å². The van der Waals surface area contributed by atoms with E-state index >= 15 is 0 Å². The summed E-state index contributed by atoms with van der Waals surface area (Å²) in [5.74, 6) is 0. The molecule has 0 fully saturated rings. The van der Waals surface area contributed by atoms with Gasteiger partial charge in [0.05, 0.1) is 0 Å². The number of hydrogen-bond donors (Lipinski definition) is 0. The summed E-state index contributed by atoms with van der Waals surface area (Å²) in [6, 6.07) is 65.8. The Kier molecular flexibility index (Phi) is 6.11. The van der Waals surface area contributed by atoms with Gasteiger partial charge >= 0.3 is 385 Å². The zero-order chi connectivity index (χ0) is 40.4. The molecule has 0 N–H and O–H groups in total. The molecule has 0 atom stereocenters. The fourth-order valence-electron chi connectivity index (χ4n) is 12.2. The Hall–Kier alpha value is -6.13. The first-order valence-corrected chi connectivity index (χ1v) is 26.8. The monoisotopic (exact) mass is 994 g/mol. The van der Waals surface area contributed by atoms with Gasteiger partial charge in [-0.3, -0.25) is 0 Å². The van der Waals surface area contributed by atoms with Crippen molar-refractivity contribution in [2.75, 3.05) is 19.6 Å². The molecule has 7 aliphatic rings. The van der Waals surface area contributed by atoms with Crippen molar-refractivity contribution in [2.45, 2.75) is 0 Å². The molecule has 0 aliphatic carbocycles. The van der Waals surface area contributed by atoms with Crippen LogP contribution >= 0.6 is 0 Å². The van der Waals surface area contributed by atoms with E-state index < -0.39 is 0 Å². The van der Waals surface area contributed by atoms with Gasteiger partial charge in [-0.2, -0.15) is 0 Å². The van der Waals surface area contributed by atoms with Crippen molar-refractivity contribution in [1.29, 1.82) is 0 Å². The summed E-state index contributed by atoms with van der Waals surface area (Å²) in [4.78, 5) is 10.8. The molecule has 1 aromatic heterocycles. The molecule has 8 heterocycles. The Morgan fingerprint density at radius 1 is 0.302 bits per heavy atom. The van der Waals surface area contributed by atoms with Gasteiger partial charge in [-0.1, -0.05) is 0 Å². The zero-order valence-corrected chi connectivity index (χ0v) is 38.5. The summed E-state index contributed by atoms with van der Waals surface area (Å²) in [5, 5.41) is 5.22. The third-order valence-corrected chi connectivity index (χ3v) is 22.0. The Labute approximate surface area is 382 Å². The average molecular weight is 991 g/mol. The molecule has 17 rings (SSSR count). The maximum atomic E-state index is 2.72. The molecule has 0 unspecified atom stereocenters. The molecule has 0 spiro atoms. The van der Waals surface area contributed by atoms with Gasteiger partial charge < -0.3 is 0 Å². The second kappa shape index (κ2) is 11.5. The van der Waals surface area contributed by atoms with Crippen LogP contribution in [0.2, 0.25) is 0 Å². The van der Waals surface area contributed by atoms with Gasteiger partial charge in [0.15, 0.2) is 0 Å². The van der Waals surface area contributed by atoms with Crippen molar-refractivity contribution in [2.24, 2.45) is 0 Å². The van der Waals surface area contributed by atoms with Gasteiger partial charge in [0.25, 0.3) is 0 Å². The van der Waals surface area contributed by atoms with Gasteiger partial charge in [0.1, 0.15) is 0 Å². The first-order chi connectivity index (χ1) is 31.3. The van der Waals surface area contributed by atoms with E-state index in [1.54, 1.807) is 8.67 Å². The predicted octanol–water partition coefficient (Wildman–Crippen LogP) is 5.47. The normalized spacial score (nSPS) is 15.3. The molecule has 0 radical (unpaired) electrons. The van der Waals surface area contributed by atoms with Crippen LogP contribution in [-0.4, -0.2) is 57.8 Å². The van der Waals surface area contributed by atoms with Crippen LogP contribution in [0.5, 0.6) is 0 Å². The van der Waals surface area contributed by atoms with E-state index in [1.165, 1.54) is 129 Å². The second-order valence-electron chi connectivity index (χ2n) is 17.6. The molecule has 9 aromatic carbocycles. The zero-order valence-electron chi connectivity index (χ0n) is 33.3. The Balaban J connectivity index is 1.02. The first-order valence-electron chi connectivity index (χ1n) is 21.7. The molecule has 0 amide bonds. The van der Waals surface area contributed by atoms with Crippen molar-refractivity contribution in [1.82, 2.24) is 0 Å². The number of benzene rings is 9. The number of nitrogens with zero attached hydrogens (tertiary/aromatic N) is 4. The maximum absolute atomic E-state index is 2.72. The molecule has 9 heteroatoms. The summed E-state index contributed by atoms with van der Waals surface area (Å²) < 4.78 is 9.09. The third kappa shape index (κ3) is 3.94. The van der Waals surface area contributed by atoms with E-state index in [0.29, 0.717) is 0 Å². The molecule has 7 aliphatic heterocycles. The molecular weight excluding hydrogens is 963 g/mol. The van der Waals surface area contributed by atoms with Crippen molar-refractivity contribution < 1.29 is 0 Å². The van der Waals surface area contributed by atoms with Crippen LogP contribution in [0.1, 0.15) is 0 Å². The van der Waals surface area contributed by atoms with Crippen LogP contribution in [0.4, 0.5) is 68.2 Å². The number of anilines is 12. The number of hydrogen-bond acceptors (Lipinski definition) is 4. The molecule has 4 nitrogen and oxygen atoms in total. The summed E-state index contributed by atoms with van der Waals surface area (Å²) >= 11 is 0.438. The van der Waals surface area contributed by atoms with E-state index in [0.717, 1.165) is 0 Å². The number of para-hydroxylation sites is 4. The van der Waals surface area contributed by atoms with Crippen LogP contribution in [0.15, 0.2) is 170 Å². The number of fused-ring (bicyclic) bond motifs is 19. The van der Waals surface area contributed by atoms with E-state index in [2.05, 4.69) is 189 Å². The fourth-order valence-corrected chi connectivity index (χ4v) is 20.0. The first kappa shape index (κ1) is 33.4. The SMILES string of the molecule is c1ccc2c(c1)[Se]c1ccc3c4c1N2c1cc2ccccc2cc1B4c1[se]c2c4c1N3c1ccccc1N4c1ccc3c4c1B2c1cc2ccccc2cc1N4c1ccccc1[Se]3. The molecule has 0 bridgehead atoms. The molecule has 0 saturated heterocycles. The van der Waals surface area contributed by atoms with Crippen LogP contribution in [0.25, 0.3) is 21.5 Å². The summed E-state index contributed by atoms with van der Waals surface area (Å²) in [7, 11) is 0. The Morgan fingerprint density at radius 3 is 1.14 bits per heavy atom. The number of rotatable bonds is 0. The van der Waals surface area contributed by atoms with Crippen LogP contribution in [-0.2, 0) is 0 Å². The van der Waals surface area contributed by atoms with Crippen molar-refractivity contribution in [3.05, 3.63) is 170 Å². The molecule has 63 heavy (non-hydrogen) atoms. The quantitative estimate of drug-likeness (QED) is 0.187. The second-order valence-corrected chi connectivity index (χ2v) is 24.4. The predicted molar refractivity (Wildman–Crippen MR) is 270 cm³/mol. The average Bonchev–Trinajstić information content (AvgIpc) is 3.73. The van der Waals surface area contributed by atoms with Crippen LogP contribution in [0, 0.1) is 0 Å². The third-order valence-electron chi connectivity index (χ3n) is 14.6. The molecular formula is C54H28B2N4Se3.